The molecule has 6 rings (SSSR count). The fourth-order valence-electron chi connectivity index (χ4n) is 6.25. The molecule has 6 aliphatic rings. The second kappa shape index (κ2) is 11.7. The zero-order valence-electron chi connectivity index (χ0n) is 22.3. The van der Waals surface area contributed by atoms with E-state index in [1.54, 1.807) is 0 Å². The summed E-state index contributed by atoms with van der Waals surface area (Å²) in [5.74, 6) is 0. The topological polar surface area (TPSA) is 61.9 Å². The highest BCUT2D eigenvalue weighted by molar-refractivity contribution is 6.61. The third kappa shape index (κ3) is 7.33. The molecule has 0 spiro atoms. The van der Waals surface area contributed by atoms with Gasteiger partial charge in [-0.2, -0.15) is 0 Å². The lowest BCUT2D eigenvalue weighted by atomic mass is 10.2. The van der Waals surface area contributed by atoms with E-state index in [0.29, 0.717) is 0 Å². The average Bonchev–Trinajstić information content (AvgIpc) is 2.65. The Hall–Kier alpha value is 0.114. The van der Waals surface area contributed by atoms with Crippen LogP contribution in [-0.4, -0.2) is 103 Å². The van der Waals surface area contributed by atoms with Gasteiger partial charge in [-0.3, -0.25) is 9.80 Å². The summed E-state index contributed by atoms with van der Waals surface area (Å²) in [5, 5.41) is 0. The second-order valence-electron chi connectivity index (χ2n) is 11.3. The van der Waals surface area contributed by atoms with Crippen molar-refractivity contribution in [2.75, 3.05) is 39.3 Å². The molecule has 34 heavy (non-hydrogen) atoms. The summed E-state index contributed by atoms with van der Waals surface area (Å²) in [6.07, 6.45) is 5.34. The number of hydrogen-bond acceptors (Lipinski definition) is 8. The number of unbranched alkanes of at least 4 members (excludes halogenated alkanes) is 3. The van der Waals surface area contributed by atoms with E-state index in [1.807, 2.05) is 0 Å². The van der Waals surface area contributed by atoms with Crippen molar-refractivity contribution >= 4 is 17.6 Å². The third-order valence-corrected chi connectivity index (χ3v) is 13.6. The molecule has 6 fully saturated rings. The lowest BCUT2D eigenvalue weighted by molar-refractivity contribution is -0.0803. The molecule has 6 heterocycles. The van der Waals surface area contributed by atoms with Gasteiger partial charge in [0.15, 0.2) is 0 Å². The van der Waals surface area contributed by atoms with Gasteiger partial charge in [0, 0.05) is 51.4 Å². The molecule has 0 radical (unpaired) electrons. The van der Waals surface area contributed by atoms with E-state index in [2.05, 4.69) is 51.3 Å². The highest BCUT2D eigenvalue weighted by Crippen LogP contribution is 2.32. The monoisotopic (exact) mass is 516 g/mol. The molecule has 0 amide bonds. The van der Waals surface area contributed by atoms with Crippen LogP contribution >= 0.6 is 0 Å². The summed E-state index contributed by atoms with van der Waals surface area (Å²) < 4.78 is 39.0. The van der Waals surface area contributed by atoms with E-state index in [9.17, 15) is 0 Å². The number of nitrogens with zero attached hydrogens (tertiary/aromatic N) is 2. The lowest BCUT2D eigenvalue weighted by Gasteiger charge is -2.45. The summed E-state index contributed by atoms with van der Waals surface area (Å²) >= 11 is 0. The first-order chi connectivity index (χ1) is 16.1. The molecule has 6 aliphatic heterocycles. The van der Waals surface area contributed by atoms with Gasteiger partial charge >= 0.3 is 17.6 Å². The predicted octanol–water partition coefficient (Wildman–Crippen LogP) is 3.51. The highest BCUT2D eigenvalue weighted by atomic mass is 28.4. The average molecular weight is 517 g/mol. The fraction of sp³-hybridized carbons (Fsp3) is 1.00. The van der Waals surface area contributed by atoms with E-state index < -0.39 is 17.6 Å². The van der Waals surface area contributed by atoms with Crippen molar-refractivity contribution in [2.45, 2.75) is 116 Å². The summed E-state index contributed by atoms with van der Waals surface area (Å²) in [6, 6.07) is 1.80. The Morgan fingerprint density at radius 3 is 0.912 bits per heavy atom. The van der Waals surface area contributed by atoms with Gasteiger partial charge in [-0.25, -0.2) is 0 Å². The van der Waals surface area contributed by atoms with Gasteiger partial charge in [0.25, 0.3) is 0 Å². The van der Waals surface area contributed by atoms with Crippen LogP contribution in [0.25, 0.3) is 0 Å². The maximum atomic E-state index is 6.50. The van der Waals surface area contributed by atoms with Crippen LogP contribution in [0.1, 0.15) is 67.2 Å². The molecule has 6 saturated heterocycles. The van der Waals surface area contributed by atoms with Crippen LogP contribution in [0.2, 0.25) is 12.1 Å². The molecular formula is C24H48N2O6Si2. The minimum absolute atomic E-state index is 0.156. The summed E-state index contributed by atoms with van der Waals surface area (Å²) in [5.41, 5.74) is 0. The van der Waals surface area contributed by atoms with Gasteiger partial charge in [0.2, 0.25) is 0 Å². The Morgan fingerprint density at radius 2 is 0.676 bits per heavy atom. The molecular weight excluding hydrogens is 468 g/mol. The maximum Gasteiger partial charge on any atom is 0.501 e. The Labute approximate surface area is 209 Å². The Bertz CT molecular complexity index is 535. The Morgan fingerprint density at radius 1 is 0.441 bits per heavy atom. The van der Waals surface area contributed by atoms with Crippen molar-refractivity contribution in [2.24, 2.45) is 0 Å². The molecule has 0 aromatic carbocycles. The standard InChI is InChI=1S/C24H48N2O6Si2/c1-19-13-25-14-20(2)28-33(27-19,29-21(3)15-25)11-9-7-8-10-12-34-30-22(4)16-26(17-23(5)31-34)18-24(6)32-34/h19-24H,7-18H2,1-6H3/t19-,20-,21+,22-,23+,24+. The molecule has 0 aromatic heterocycles. The Balaban J connectivity index is 1.28. The molecule has 0 saturated carbocycles. The Kier molecular flexibility index (Phi) is 9.31. The summed E-state index contributed by atoms with van der Waals surface area (Å²) in [4.78, 5) is 4.83. The first-order valence-corrected chi connectivity index (χ1v) is 17.5. The van der Waals surface area contributed by atoms with E-state index in [1.165, 1.54) is 0 Å². The molecule has 0 aliphatic carbocycles. The van der Waals surface area contributed by atoms with Crippen molar-refractivity contribution in [3.63, 3.8) is 0 Å². The van der Waals surface area contributed by atoms with E-state index in [0.717, 1.165) is 77.0 Å². The first kappa shape index (κ1) is 27.2. The van der Waals surface area contributed by atoms with Gasteiger partial charge in [-0.15, -0.1) is 0 Å². The normalized spacial score (nSPS) is 47.8. The number of hydrogen-bond donors (Lipinski definition) is 0. The lowest BCUT2D eigenvalue weighted by Crippen LogP contribution is -2.61. The van der Waals surface area contributed by atoms with Crippen LogP contribution in [0.15, 0.2) is 0 Å². The van der Waals surface area contributed by atoms with Gasteiger partial charge in [-0.05, 0) is 54.4 Å². The minimum Gasteiger partial charge on any atom is -0.369 e. The van der Waals surface area contributed by atoms with E-state index in [-0.39, 0.29) is 36.6 Å². The van der Waals surface area contributed by atoms with Crippen molar-refractivity contribution < 1.29 is 26.6 Å². The summed E-state index contributed by atoms with van der Waals surface area (Å²) in [6.45, 7) is 18.7. The molecule has 0 aromatic rings. The molecule has 10 heteroatoms. The quantitative estimate of drug-likeness (QED) is 0.376. The van der Waals surface area contributed by atoms with Gasteiger partial charge in [-0.1, -0.05) is 12.8 Å². The van der Waals surface area contributed by atoms with Crippen LogP contribution in [0.4, 0.5) is 0 Å². The largest absolute Gasteiger partial charge is 0.501 e. The van der Waals surface area contributed by atoms with E-state index in [4.69, 9.17) is 26.6 Å². The number of fused-ring (bicyclic) bond motifs is 12. The fourth-order valence-corrected chi connectivity index (χ4v) is 12.8. The second-order valence-corrected chi connectivity index (χ2v) is 16.4. The van der Waals surface area contributed by atoms with Crippen molar-refractivity contribution in [3.8, 4) is 0 Å². The molecule has 0 N–H and O–H groups in total. The van der Waals surface area contributed by atoms with Crippen LogP contribution in [-0.2, 0) is 26.6 Å². The molecule has 0 unspecified atom stereocenters. The molecule has 198 valence electrons. The van der Waals surface area contributed by atoms with Gasteiger partial charge in [0.05, 0.1) is 36.6 Å². The zero-order chi connectivity index (χ0) is 24.3. The third-order valence-electron chi connectivity index (χ3n) is 7.09. The summed E-state index contributed by atoms with van der Waals surface area (Å²) in [7, 11) is -5.34. The number of rotatable bonds is 7. The van der Waals surface area contributed by atoms with Crippen LogP contribution in [0.5, 0.6) is 0 Å². The van der Waals surface area contributed by atoms with Gasteiger partial charge in [0.1, 0.15) is 0 Å². The maximum absolute atomic E-state index is 6.50. The molecule has 8 nitrogen and oxygen atoms in total. The first-order valence-electron chi connectivity index (χ1n) is 13.7. The smallest absolute Gasteiger partial charge is 0.369 e. The van der Waals surface area contributed by atoms with Crippen LogP contribution in [0.3, 0.4) is 0 Å². The predicted molar refractivity (Wildman–Crippen MR) is 136 cm³/mol. The molecule has 6 atom stereocenters. The van der Waals surface area contributed by atoms with Gasteiger partial charge < -0.3 is 26.6 Å². The highest BCUT2D eigenvalue weighted by Gasteiger charge is 2.50. The molecule has 4 bridgehead atoms. The van der Waals surface area contributed by atoms with Crippen LogP contribution < -0.4 is 0 Å². The van der Waals surface area contributed by atoms with Crippen molar-refractivity contribution in [1.82, 2.24) is 9.80 Å². The minimum atomic E-state index is -2.67. The zero-order valence-corrected chi connectivity index (χ0v) is 24.3. The van der Waals surface area contributed by atoms with Crippen molar-refractivity contribution in [1.29, 1.82) is 0 Å². The van der Waals surface area contributed by atoms with Crippen LogP contribution in [0, 0.1) is 0 Å². The van der Waals surface area contributed by atoms with E-state index >= 15 is 0 Å². The SMILES string of the molecule is C[C@@H]1CN2C[C@@H](C)O[Si](CCCCCC[Si]34O[C@H](C)CN(C[C@H](C)O3)C[C@H](C)O4)(O1)O[C@@H](C)C2. The van der Waals surface area contributed by atoms with Crippen molar-refractivity contribution in [3.05, 3.63) is 0 Å².